The van der Waals surface area contributed by atoms with Gasteiger partial charge in [0.2, 0.25) is 0 Å². The van der Waals surface area contributed by atoms with E-state index in [4.69, 9.17) is 0 Å². The van der Waals surface area contributed by atoms with Crippen LogP contribution in [-0.2, 0) is 0 Å². The average Bonchev–Trinajstić information content (AvgIpc) is 2.19. The van der Waals surface area contributed by atoms with E-state index in [-0.39, 0.29) is 0 Å². The van der Waals surface area contributed by atoms with Gasteiger partial charge in [0, 0.05) is 12.3 Å². The Labute approximate surface area is 97.4 Å². The lowest BCUT2D eigenvalue weighted by molar-refractivity contribution is 0.0833. The maximum Gasteiger partial charge on any atom is 0.0833 e. The molecule has 0 aromatic rings. The summed E-state index contributed by atoms with van der Waals surface area (Å²) in [5, 5.41) is 16.7. The van der Waals surface area contributed by atoms with Crippen molar-refractivity contribution in [3.8, 4) is 0 Å². The molecule has 0 radical (unpaired) electrons. The van der Waals surface area contributed by atoms with Crippen LogP contribution >= 0.6 is 11.8 Å². The molecule has 3 N–H and O–H groups in total. The van der Waals surface area contributed by atoms with Crippen LogP contribution in [0.3, 0.4) is 0 Å². The number of piperidine rings is 1. The summed E-state index contributed by atoms with van der Waals surface area (Å²) in [5.74, 6) is 1.53. The maximum absolute atomic E-state index is 9.94. The van der Waals surface area contributed by atoms with Crippen molar-refractivity contribution in [1.82, 2.24) is 10.6 Å². The summed E-state index contributed by atoms with van der Waals surface area (Å²) < 4.78 is 0. The molecule has 90 valence electrons. The molecule has 0 saturated carbocycles. The number of aliphatic hydroxyl groups is 1. The zero-order valence-electron chi connectivity index (χ0n) is 9.88. The Morgan fingerprint density at radius 2 is 2.40 bits per heavy atom. The lowest BCUT2D eigenvalue weighted by Gasteiger charge is -2.26. The van der Waals surface area contributed by atoms with Crippen LogP contribution in [0.25, 0.3) is 0 Å². The van der Waals surface area contributed by atoms with E-state index in [9.17, 15) is 5.11 Å². The molecular formula is C11H24N2OS. The average molecular weight is 232 g/mol. The van der Waals surface area contributed by atoms with Crippen LogP contribution in [-0.4, -0.2) is 48.9 Å². The van der Waals surface area contributed by atoms with Crippen molar-refractivity contribution in [3.05, 3.63) is 0 Å². The van der Waals surface area contributed by atoms with Crippen molar-refractivity contribution >= 4 is 11.8 Å². The summed E-state index contributed by atoms with van der Waals surface area (Å²) in [7, 11) is 0. The van der Waals surface area contributed by atoms with Crippen LogP contribution in [0.5, 0.6) is 0 Å². The van der Waals surface area contributed by atoms with Crippen molar-refractivity contribution in [2.45, 2.75) is 25.4 Å². The topological polar surface area (TPSA) is 44.3 Å². The predicted octanol–water partition coefficient (Wildman–Crippen LogP) is 0.690. The van der Waals surface area contributed by atoms with Gasteiger partial charge in [0.25, 0.3) is 0 Å². The molecule has 0 aliphatic carbocycles. The Morgan fingerprint density at radius 3 is 3.00 bits per heavy atom. The van der Waals surface area contributed by atoms with Gasteiger partial charge in [0.1, 0.15) is 0 Å². The SMILES string of the molecule is CSCC(C)(O)CNCC1CCCNC1. The van der Waals surface area contributed by atoms with Gasteiger partial charge in [-0.3, -0.25) is 0 Å². The van der Waals surface area contributed by atoms with Crippen LogP contribution in [0.1, 0.15) is 19.8 Å². The van der Waals surface area contributed by atoms with Crippen molar-refractivity contribution in [1.29, 1.82) is 0 Å². The molecule has 0 amide bonds. The van der Waals surface area contributed by atoms with Crippen molar-refractivity contribution < 1.29 is 5.11 Å². The minimum absolute atomic E-state index is 0.568. The molecule has 15 heavy (non-hydrogen) atoms. The first kappa shape index (κ1) is 13.3. The lowest BCUT2D eigenvalue weighted by Crippen LogP contribution is -2.43. The van der Waals surface area contributed by atoms with Crippen molar-refractivity contribution in [2.75, 3.05) is 38.2 Å². The van der Waals surface area contributed by atoms with E-state index in [1.807, 2.05) is 13.2 Å². The van der Waals surface area contributed by atoms with Gasteiger partial charge in [-0.2, -0.15) is 11.8 Å². The summed E-state index contributed by atoms with van der Waals surface area (Å²) in [4.78, 5) is 0. The number of nitrogens with one attached hydrogen (secondary N) is 2. The second kappa shape index (κ2) is 6.74. The fraction of sp³-hybridized carbons (Fsp3) is 1.00. The number of rotatable bonds is 6. The fourth-order valence-corrected chi connectivity index (χ4v) is 2.73. The highest BCUT2D eigenvalue weighted by Crippen LogP contribution is 2.11. The largest absolute Gasteiger partial charge is 0.388 e. The third-order valence-electron chi connectivity index (χ3n) is 2.79. The molecule has 0 spiro atoms. The van der Waals surface area contributed by atoms with Gasteiger partial charge in [-0.05, 0) is 51.6 Å². The molecule has 4 heteroatoms. The van der Waals surface area contributed by atoms with E-state index < -0.39 is 5.60 Å². The third-order valence-corrected chi connectivity index (χ3v) is 3.70. The molecule has 0 bridgehead atoms. The normalized spacial score (nSPS) is 26.2. The van der Waals surface area contributed by atoms with Gasteiger partial charge in [0.05, 0.1) is 5.60 Å². The summed E-state index contributed by atoms with van der Waals surface area (Å²) >= 11 is 1.69. The van der Waals surface area contributed by atoms with Crippen LogP contribution in [0.2, 0.25) is 0 Å². The Bertz CT molecular complexity index is 170. The monoisotopic (exact) mass is 232 g/mol. The van der Waals surface area contributed by atoms with E-state index >= 15 is 0 Å². The molecular weight excluding hydrogens is 208 g/mol. The molecule has 2 atom stereocenters. The third kappa shape index (κ3) is 5.76. The second-order valence-electron chi connectivity index (χ2n) is 4.77. The molecule has 2 unspecified atom stereocenters. The van der Waals surface area contributed by atoms with Crippen LogP contribution in [0.15, 0.2) is 0 Å². The quantitative estimate of drug-likeness (QED) is 0.630. The van der Waals surface area contributed by atoms with Crippen LogP contribution in [0.4, 0.5) is 0 Å². The van der Waals surface area contributed by atoms with E-state index in [0.29, 0.717) is 6.54 Å². The summed E-state index contributed by atoms with van der Waals surface area (Å²) in [6.45, 7) is 5.91. The van der Waals surface area contributed by atoms with E-state index in [2.05, 4.69) is 10.6 Å². The van der Waals surface area contributed by atoms with Gasteiger partial charge < -0.3 is 15.7 Å². The van der Waals surface area contributed by atoms with Gasteiger partial charge >= 0.3 is 0 Å². The zero-order chi connectivity index (χ0) is 11.1. The van der Waals surface area contributed by atoms with Crippen LogP contribution in [0, 0.1) is 5.92 Å². The van der Waals surface area contributed by atoms with Gasteiger partial charge in [-0.15, -0.1) is 0 Å². The van der Waals surface area contributed by atoms with Gasteiger partial charge in [-0.25, -0.2) is 0 Å². The molecule has 0 aromatic carbocycles. The molecule has 1 aliphatic heterocycles. The first-order valence-electron chi connectivity index (χ1n) is 5.77. The molecule has 1 aliphatic rings. The Kier molecular flexibility index (Phi) is 5.97. The molecule has 0 aromatic heterocycles. The predicted molar refractivity (Wildman–Crippen MR) is 67.5 cm³/mol. The van der Waals surface area contributed by atoms with Crippen molar-refractivity contribution in [2.24, 2.45) is 5.92 Å². The van der Waals surface area contributed by atoms with Crippen molar-refractivity contribution in [3.63, 3.8) is 0 Å². The van der Waals surface area contributed by atoms with Gasteiger partial charge in [-0.1, -0.05) is 0 Å². The molecule has 1 rings (SSSR count). The van der Waals surface area contributed by atoms with Gasteiger partial charge in [0.15, 0.2) is 0 Å². The Hall–Kier alpha value is 0.230. The zero-order valence-corrected chi connectivity index (χ0v) is 10.7. The molecule has 3 nitrogen and oxygen atoms in total. The highest BCUT2D eigenvalue weighted by Gasteiger charge is 2.20. The molecule has 1 heterocycles. The lowest BCUT2D eigenvalue weighted by atomic mass is 9.99. The molecule has 1 fully saturated rings. The molecule has 1 saturated heterocycles. The minimum atomic E-state index is -0.568. The number of hydrogen-bond acceptors (Lipinski definition) is 4. The van der Waals surface area contributed by atoms with E-state index in [1.165, 1.54) is 19.4 Å². The first-order valence-corrected chi connectivity index (χ1v) is 7.16. The number of thioether (sulfide) groups is 1. The number of hydrogen-bond donors (Lipinski definition) is 3. The fourth-order valence-electron chi connectivity index (χ4n) is 2.01. The minimum Gasteiger partial charge on any atom is -0.388 e. The van der Waals surface area contributed by atoms with E-state index in [1.54, 1.807) is 11.8 Å². The second-order valence-corrected chi connectivity index (χ2v) is 5.64. The standard InChI is InChI=1S/C11H24N2OS/c1-11(14,9-15-2)8-13-7-10-4-3-5-12-6-10/h10,12-14H,3-9H2,1-2H3. The first-order chi connectivity index (χ1) is 7.14. The van der Waals surface area contributed by atoms with E-state index in [0.717, 1.165) is 24.8 Å². The smallest absolute Gasteiger partial charge is 0.0833 e. The maximum atomic E-state index is 9.94. The highest BCUT2D eigenvalue weighted by atomic mass is 32.2. The highest BCUT2D eigenvalue weighted by molar-refractivity contribution is 7.98. The summed E-state index contributed by atoms with van der Waals surface area (Å²) in [6, 6.07) is 0. The van der Waals surface area contributed by atoms with Crippen LogP contribution < -0.4 is 10.6 Å². The summed E-state index contributed by atoms with van der Waals surface area (Å²) in [6.07, 6.45) is 4.62. The Balaban J connectivity index is 2.09. The summed E-state index contributed by atoms with van der Waals surface area (Å²) in [5.41, 5.74) is -0.568. The Morgan fingerprint density at radius 1 is 1.60 bits per heavy atom.